The molecule has 2 unspecified atom stereocenters. The first-order valence-corrected chi connectivity index (χ1v) is 12.2. The lowest BCUT2D eigenvalue weighted by atomic mass is 9.83. The lowest BCUT2D eigenvalue weighted by Gasteiger charge is -2.29. The first-order chi connectivity index (χ1) is 14.9. The fraction of sp³-hybridized carbons (Fsp3) is 0.500. The van der Waals surface area contributed by atoms with E-state index in [1.807, 2.05) is 12.1 Å². The number of epoxide rings is 1. The van der Waals surface area contributed by atoms with Gasteiger partial charge < -0.3 is 14.5 Å². The summed E-state index contributed by atoms with van der Waals surface area (Å²) >= 11 is 0. The van der Waals surface area contributed by atoms with E-state index in [0.717, 1.165) is 31.2 Å². The summed E-state index contributed by atoms with van der Waals surface area (Å²) in [5.41, 5.74) is 0.775. The van der Waals surface area contributed by atoms with Crippen LogP contribution in [0, 0.1) is 5.92 Å². The number of carbonyl (C=O) groups excluding carboxylic acids is 1. The van der Waals surface area contributed by atoms with Crippen molar-refractivity contribution in [2.24, 2.45) is 5.92 Å². The van der Waals surface area contributed by atoms with E-state index in [2.05, 4.69) is 15.4 Å². The normalized spacial score (nSPS) is 22.8. The zero-order valence-corrected chi connectivity index (χ0v) is 18.6. The molecule has 3 N–H and O–H groups in total. The minimum atomic E-state index is -3.47. The Hall–Kier alpha value is -2.20. The molecule has 3 atom stereocenters. The lowest BCUT2D eigenvalue weighted by Crippen LogP contribution is -2.49. The molecule has 1 aromatic heterocycles. The predicted octanol–water partition coefficient (Wildman–Crippen LogP) is 2.54. The Balaban J connectivity index is 1.41. The molecular formula is C22H29N3O5S. The Bertz CT molecular complexity index is 1010. The van der Waals surface area contributed by atoms with Crippen LogP contribution in [0.2, 0.25) is 0 Å². The molecule has 2 aliphatic rings. The van der Waals surface area contributed by atoms with Crippen molar-refractivity contribution in [2.45, 2.75) is 55.4 Å². The molecule has 31 heavy (non-hydrogen) atoms. The standard InChI is InChI=1S/C22H29N3O5S/c1-23-21(26)19(15-6-4-3-5-7-15)25-22-20(30-22)18-13-12-17(29-18)14-8-10-16(11-9-14)31(27,28)24-2/h8-13,15,19-20,22,24-25H,3-7H2,1-2H3,(H,23,26)/t19-,20?,22?/m0/s1. The van der Waals surface area contributed by atoms with Gasteiger partial charge in [0.25, 0.3) is 0 Å². The third kappa shape index (κ3) is 4.85. The average molecular weight is 448 g/mol. The van der Waals surface area contributed by atoms with Crippen LogP contribution in [-0.4, -0.2) is 40.7 Å². The number of amides is 1. The third-order valence-corrected chi connectivity index (χ3v) is 7.54. The minimum Gasteiger partial charge on any atom is -0.458 e. The van der Waals surface area contributed by atoms with Crippen LogP contribution >= 0.6 is 0 Å². The van der Waals surface area contributed by atoms with Crippen molar-refractivity contribution in [3.05, 3.63) is 42.2 Å². The molecule has 9 heteroatoms. The fourth-order valence-electron chi connectivity index (χ4n) is 4.26. The number of hydrogen-bond donors (Lipinski definition) is 3. The van der Waals surface area contributed by atoms with Gasteiger partial charge in [-0.2, -0.15) is 0 Å². The maximum absolute atomic E-state index is 12.4. The summed E-state index contributed by atoms with van der Waals surface area (Å²) in [5.74, 6) is 1.63. The van der Waals surface area contributed by atoms with Crippen molar-refractivity contribution >= 4 is 15.9 Å². The van der Waals surface area contributed by atoms with Crippen LogP contribution in [0.3, 0.4) is 0 Å². The monoisotopic (exact) mass is 447 g/mol. The molecule has 1 saturated carbocycles. The van der Waals surface area contributed by atoms with E-state index >= 15 is 0 Å². The van der Waals surface area contributed by atoms with Gasteiger partial charge in [-0.15, -0.1) is 0 Å². The topological polar surface area (TPSA) is 113 Å². The van der Waals surface area contributed by atoms with Crippen molar-refractivity contribution in [2.75, 3.05) is 14.1 Å². The highest BCUT2D eigenvalue weighted by Gasteiger charge is 2.46. The molecule has 2 fully saturated rings. The summed E-state index contributed by atoms with van der Waals surface area (Å²) in [5, 5.41) is 6.14. The largest absolute Gasteiger partial charge is 0.458 e. The molecular weight excluding hydrogens is 418 g/mol. The molecule has 1 amide bonds. The minimum absolute atomic E-state index is 0.00195. The lowest BCUT2D eigenvalue weighted by molar-refractivity contribution is -0.124. The molecule has 0 radical (unpaired) electrons. The third-order valence-electron chi connectivity index (χ3n) is 6.11. The van der Waals surface area contributed by atoms with Crippen LogP contribution in [0.5, 0.6) is 0 Å². The number of benzene rings is 1. The first kappa shape index (κ1) is 22.0. The van der Waals surface area contributed by atoms with Gasteiger partial charge in [-0.05, 0) is 62.2 Å². The number of likely N-dealkylation sites (N-methyl/N-ethyl adjacent to an activating group) is 1. The highest BCUT2D eigenvalue weighted by molar-refractivity contribution is 7.89. The summed E-state index contributed by atoms with van der Waals surface area (Å²) < 4.78 is 37.8. The van der Waals surface area contributed by atoms with Crippen LogP contribution in [0.4, 0.5) is 0 Å². The second-order valence-corrected chi connectivity index (χ2v) is 9.95. The van der Waals surface area contributed by atoms with Gasteiger partial charge in [0.1, 0.15) is 17.7 Å². The highest BCUT2D eigenvalue weighted by atomic mass is 32.2. The number of furan rings is 1. The molecule has 1 aliphatic carbocycles. The average Bonchev–Trinajstić information content (AvgIpc) is 3.41. The van der Waals surface area contributed by atoms with Gasteiger partial charge >= 0.3 is 0 Å². The summed E-state index contributed by atoms with van der Waals surface area (Å²) in [6, 6.07) is 9.93. The molecule has 0 spiro atoms. The van der Waals surface area contributed by atoms with Gasteiger partial charge in [0, 0.05) is 12.6 Å². The van der Waals surface area contributed by atoms with Crippen LogP contribution in [0.1, 0.15) is 44.0 Å². The van der Waals surface area contributed by atoms with Crippen LogP contribution < -0.4 is 15.4 Å². The highest BCUT2D eigenvalue weighted by Crippen LogP contribution is 2.40. The Labute approximate surface area is 182 Å². The fourth-order valence-corrected chi connectivity index (χ4v) is 4.99. The Morgan fingerprint density at radius 2 is 1.74 bits per heavy atom. The summed E-state index contributed by atoms with van der Waals surface area (Å²) in [6.45, 7) is 0. The molecule has 2 heterocycles. The second-order valence-electron chi connectivity index (χ2n) is 8.07. The second kappa shape index (κ2) is 9.12. The van der Waals surface area contributed by atoms with Gasteiger partial charge in [-0.3, -0.25) is 10.1 Å². The summed E-state index contributed by atoms with van der Waals surface area (Å²) in [7, 11) is -0.431. The molecule has 1 aliphatic heterocycles. The number of rotatable bonds is 8. The van der Waals surface area contributed by atoms with Crippen molar-refractivity contribution in [1.82, 2.24) is 15.4 Å². The van der Waals surface area contributed by atoms with Crippen molar-refractivity contribution in [3.8, 4) is 11.3 Å². The zero-order valence-electron chi connectivity index (χ0n) is 17.8. The number of ether oxygens (including phenoxy) is 1. The van der Waals surface area contributed by atoms with E-state index in [1.165, 1.54) is 13.5 Å². The maximum Gasteiger partial charge on any atom is 0.240 e. The SMILES string of the molecule is CNC(=O)[C@@H](NC1OC1c1ccc(-c2ccc(S(=O)(=O)NC)cc2)o1)C1CCCCC1. The first-order valence-electron chi connectivity index (χ1n) is 10.7. The van der Waals surface area contributed by atoms with E-state index in [-0.39, 0.29) is 29.2 Å². The number of hydrogen-bond acceptors (Lipinski definition) is 6. The van der Waals surface area contributed by atoms with E-state index in [9.17, 15) is 13.2 Å². The van der Waals surface area contributed by atoms with Crippen LogP contribution in [0.25, 0.3) is 11.3 Å². The molecule has 1 aromatic carbocycles. The van der Waals surface area contributed by atoms with Crippen molar-refractivity contribution < 1.29 is 22.4 Å². The number of sulfonamides is 1. The van der Waals surface area contributed by atoms with Gasteiger partial charge in [0.05, 0.1) is 10.9 Å². The van der Waals surface area contributed by atoms with Crippen LogP contribution in [-0.2, 0) is 19.6 Å². The molecule has 0 bridgehead atoms. The summed E-state index contributed by atoms with van der Waals surface area (Å²) in [6.07, 6.45) is 5.14. The van der Waals surface area contributed by atoms with Crippen molar-refractivity contribution in [3.63, 3.8) is 0 Å². The molecule has 8 nitrogen and oxygen atoms in total. The number of carbonyl (C=O) groups is 1. The maximum atomic E-state index is 12.4. The number of nitrogens with one attached hydrogen (secondary N) is 3. The Kier molecular flexibility index (Phi) is 6.47. The van der Waals surface area contributed by atoms with Crippen molar-refractivity contribution in [1.29, 1.82) is 0 Å². The molecule has 4 rings (SSSR count). The summed E-state index contributed by atoms with van der Waals surface area (Å²) in [4.78, 5) is 12.6. The van der Waals surface area contributed by atoms with Gasteiger partial charge in [0.2, 0.25) is 15.9 Å². The Morgan fingerprint density at radius 3 is 2.39 bits per heavy atom. The van der Waals surface area contributed by atoms with E-state index in [0.29, 0.717) is 17.4 Å². The smallest absolute Gasteiger partial charge is 0.240 e. The van der Waals surface area contributed by atoms with E-state index in [1.54, 1.807) is 31.3 Å². The Morgan fingerprint density at radius 1 is 1.03 bits per heavy atom. The predicted molar refractivity (Wildman–Crippen MR) is 116 cm³/mol. The van der Waals surface area contributed by atoms with Gasteiger partial charge in [-0.1, -0.05) is 19.3 Å². The van der Waals surface area contributed by atoms with Crippen LogP contribution in [0.15, 0.2) is 45.7 Å². The quantitative estimate of drug-likeness (QED) is 0.536. The molecule has 2 aromatic rings. The van der Waals surface area contributed by atoms with Gasteiger partial charge in [0.15, 0.2) is 6.10 Å². The molecule has 168 valence electrons. The zero-order chi connectivity index (χ0) is 22.0. The van der Waals surface area contributed by atoms with E-state index < -0.39 is 10.0 Å². The van der Waals surface area contributed by atoms with Gasteiger partial charge in [-0.25, -0.2) is 13.1 Å². The van der Waals surface area contributed by atoms with E-state index in [4.69, 9.17) is 9.15 Å². The molecule has 1 saturated heterocycles.